The number of rotatable bonds is 1. The second-order valence-electron chi connectivity index (χ2n) is 4.54. The maximum absolute atomic E-state index is 12.3. The summed E-state index contributed by atoms with van der Waals surface area (Å²) in [6, 6.07) is 7.55. The number of amides is 1. The van der Waals surface area contributed by atoms with E-state index in [0.29, 0.717) is 11.4 Å². The van der Waals surface area contributed by atoms with E-state index >= 15 is 0 Å². The van der Waals surface area contributed by atoms with Crippen LogP contribution < -0.4 is 11.1 Å². The largest absolute Gasteiger partial charge is 0.397 e. The highest BCUT2D eigenvalue weighted by Crippen LogP contribution is 2.21. The van der Waals surface area contributed by atoms with Crippen LogP contribution in [0.5, 0.6) is 0 Å². The van der Waals surface area contributed by atoms with Gasteiger partial charge >= 0.3 is 0 Å². The lowest BCUT2D eigenvalue weighted by atomic mass is 10.2. The summed E-state index contributed by atoms with van der Waals surface area (Å²) >= 11 is 0. The standard InChI is InChI=1S/C13H16N4O/c14-10-3-1-2-9-8-11(16-12(9)10)13(18)17-6-4-15-5-7-17/h1-3,8,15-16H,4-7,14H2. The molecule has 0 spiro atoms. The summed E-state index contributed by atoms with van der Waals surface area (Å²) in [7, 11) is 0. The number of aromatic amines is 1. The van der Waals surface area contributed by atoms with Crippen LogP contribution in [0.3, 0.4) is 0 Å². The Bertz CT molecular complexity index is 584. The number of fused-ring (bicyclic) bond motifs is 1. The first kappa shape index (κ1) is 11.1. The number of anilines is 1. The Hall–Kier alpha value is -2.01. The third-order valence-corrected chi connectivity index (χ3v) is 3.32. The molecule has 1 aliphatic heterocycles. The number of nitrogen functional groups attached to an aromatic ring is 1. The molecule has 1 aliphatic rings. The molecule has 0 unspecified atom stereocenters. The van der Waals surface area contributed by atoms with Crippen LogP contribution in [0.4, 0.5) is 5.69 Å². The average Bonchev–Trinajstić information content (AvgIpc) is 2.84. The summed E-state index contributed by atoms with van der Waals surface area (Å²) in [6.07, 6.45) is 0. The summed E-state index contributed by atoms with van der Waals surface area (Å²) in [6.45, 7) is 3.22. The van der Waals surface area contributed by atoms with Crippen LogP contribution in [-0.2, 0) is 0 Å². The van der Waals surface area contributed by atoms with E-state index < -0.39 is 0 Å². The molecule has 2 heterocycles. The Morgan fingerprint density at radius 1 is 1.28 bits per heavy atom. The Morgan fingerprint density at radius 2 is 2.06 bits per heavy atom. The fraction of sp³-hybridized carbons (Fsp3) is 0.308. The van der Waals surface area contributed by atoms with E-state index in [2.05, 4.69) is 10.3 Å². The second-order valence-corrected chi connectivity index (χ2v) is 4.54. The third kappa shape index (κ3) is 1.82. The molecule has 0 radical (unpaired) electrons. The van der Waals surface area contributed by atoms with Gasteiger partial charge in [-0.15, -0.1) is 0 Å². The molecule has 5 nitrogen and oxygen atoms in total. The van der Waals surface area contributed by atoms with Gasteiger partial charge in [-0.05, 0) is 12.1 Å². The first-order chi connectivity index (χ1) is 8.75. The zero-order valence-corrected chi connectivity index (χ0v) is 10.1. The van der Waals surface area contributed by atoms with Crippen LogP contribution in [0.1, 0.15) is 10.5 Å². The Kier molecular flexibility index (Phi) is 2.68. The highest BCUT2D eigenvalue weighted by Gasteiger charge is 2.19. The third-order valence-electron chi connectivity index (χ3n) is 3.32. The SMILES string of the molecule is Nc1cccc2cc(C(=O)N3CCNCC3)[nH]c12. The number of hydrogen-bond acceptors (Lipinski definition) is 3. The predicted molar refractivity (Wildman–Crippen MR) is 71.5 cm³/mol. The summed E-state index contributed by atoms with van der Waals surface area (Å²) in [4.78, 5) is 17.3. The van der Waals surface area contributed by atoms with Crippen molar-refractivity contribution in [2.45, 2.75) is 0 Å². The zero-order valence-electron chi connectivity index (χ0n) is 10.1. The molecule has 18 heavy (non-hydrogen) atoms. The number of nitrogens with one attached hydrogen (secondary N) is 2. The van der Waals surface area contributed by atoms with Crippen molar-refractivity contribution in [1.82, 2.24) is 15.2 Å². The molecule has 1 amide bonds. The lowest BCUT2D eigenvalue weighted by Crippen LogP contribution is -2.46. The number of H-pyrrole nitrogens is 1. The number of aromatic nitrogens is 1. The minimum atomic E-state index is 0.0482. The van der Waals surface area contributed by atoms with Gasteiger partial charge in [0.25, 0.3) is 5.91 Å². The number of nitrogens with zero attached hydrogens (tertiary/aromatic N) is 1. The molecule has 1 fully saturated rings. The van der Waals surface area contributed by atoms with Crippen molar-refractivity contribution < 1.29 is 4.79 Å². The van der Waals surface area contributed by atoms with Gasteiger partial charge in [0.1, 0.15) is 5.69 Å². The highest BCUT2D eigenvalue weighted by atomic mass is 16.2. The molecule has 0 saturated carbocycles. The lowest BCUT2D eigenvalue weighted by Gasteiger charge is -2.26. The summed E-state index contributed by atoms with van der Waals surface area (Å²) in [5, 5.41) is 4.21. The van der Waals surface area contributed by atoms with E-state index in [9.17, 15) is 4.79 Å². The van der Waals surface area contributed by atoms with Crippen molar-refractivity contribution in [3.8, 4) is 0 Å². The van der Waals surface area contributed by atoms with Crippen LogP contribution in [0.15, 0.2) is 24.3 Å². The first-order valence-electron chi connectivity index (χ1n) is 6.13. The predicted octanol–water partition coefficient (Wildman–Crippen LogP) is 0.795. The van der Waals surface area contributed by atoms with Gasteiger partial charge in [0.2, 0.25) is 0 Å². The van der Waals surface area contributed by atoms with Crippen molar-refractivity contribution in [3.05, 3.63) is 30.0 Å². The molecular weight excluding hydrogens is 228 g/mol. The van der Waals surface area contributed by atoms with Crippen molar-refractivity contribution in [1.29, 1.82) is 0 Å². The molecule has 4 N–H and O–H groups in total. The van der Waals surface area contributed by atoms with E-state index in [4.69, 9.17) is 5.73 Å². The molecule has 2 aromatic rings. The van der Waals surface area contributed by atoms with Gasteiger partial charge in [0.15, 0.2) is 0 Å². The zero-order chi connectivity index (χ0) is 12.5. The number of carbonyl (C=O) groups is 1. The van der Waals surface area contributed by atoms with Gasteiger partial charge in [0.05, 0.1) is 11.2 Å². The van der Waals surface area contributed by atoms with Gasteiger partial charge in [-0.25, -0.2) is 0 Å². The smallest absolute Gasteiger partial charge is 0.270 e. The number of hydrogen-bond donors (Lipinski definition) is 3. The minimum Gasteiger partial charge on any atom is -0.397 e. The maximum atomic E-state index is 12.3. The van der Waals surface area contributed by atoms with Crippen LogP contribution >= 0.6 is 0 Å². The maximum Gasteiger partial charge on any atom is 0.270 e. The number of benzene rings is 1. The summed E-state index contributed by atoms with van der Waals surface area (Å²) in [5.41, 5.74) is 8.01. The molecule has 5 heteroatoms. The van der Waals surface area contributed by atoms with Crippen LogP contribution in [0, 0.1) is 0 Å². The van der Waals surface area contributed by atoms with Crippen LogP contribution in [0.25, 0.3) is 10.9 Å². The van der Waals surface area contributed by atoms with Gasteiger partial charge in [0, 0.05) is 31.6 Å². The molecule has 1 aromatic heterocycles. The molecule has 0 bridgehead atoms. The van der Waals surface area contributed by atoms with E-state index in [1.165, 1.54) is 0 Å². The number of carbonyl (C=O) groups excluding carboxylic acids is 1. The fourth-order valence-electron chi connectivity index (χ4n) is 2.33. The molecule has 0 aliphatic carbocycles. The first-order valence-corrected chi connectivity index (χ1v) is 6.13. The monoisotopic (exact) mass is 244 g/mol. The van der Waals surface area contributed by atoms with Gasteiger partial charge in [-0.3, -0.25) is 4.79 Å². The second kappa shape index (κ2) is 4.34. The van der Waals surface area contributed by atoms with E-state index in [-0.39, 0.29) is 5.91 Å². The summed E-state index contributed by atoms with van der Waals surface area (Å²) in [5.74, 6) is 0.0482. The number of nitrogens with two attached hydrogens (primary N) is 1. The minimum absolute atomic E-state index is 0.0482. The van der Waals surface area contributed by atoms with Crippen molar-refractivity contribution >= 4 is 22.5 Å². The quantitative estimate of drug-likeness (QED) is 0.649. The molecule has 1 saturated heterocycles. The number of para-hydroxylation sites is 1. The van der Waals surface area contributed by atoms with E-state index in [1.54, 1.807) is 0 Å². The normalized spacial score (nSPS) is 16.1. The van der Waals surface area contributed by atoms with Crippen molar-refractivity contribution in [2.75, 3.05) is 31.9 Å². The molecule has 0 atom stereocenters. The Morgan fingerprint density at radius 3 is 2.78 bits per heavy atom. The molecule has 94 valence electrons. The van der Waals surface area contributed by atoms with Crippen molar-refractivity contribution in [3.63, 3.8) is 0 Å². The van der Waals surface area contributed by atoms with Gasteiger partial charge < -0.3 is 20.9 Å². The van der Waals surface area contributed by atoms with E-state index in [1.807, 2.05) is 29.2 Å². The Balaban J connectivity index is 1.94. The summed E-state index contributed by atoms with van der Waals surface area (Å²) < 4.78 is 0. The van der Waals surface area contributed by atoms with Gasteiger partial charge in [-0.2, -0.15) is 0 Å². The van der Waals surface area contributed by atoms with Crippen LogP contribution in [0.2, 0.25) is 0 Å². The van der Waals surface area contributed by atoms with Crippen molar-refractivity contribution in [2.24, 2.45) is 0 Å². The van der Waals surface area contributed by atoms with Crippen LogP contribution in [-0.4, -0.2) is 42.0 Å². The molecular formula is C13H16N4O. The molecule has 1 aromatic carbocycles. The topological polar surface area (TPSA) is 74.2 Å². The van der Waals surface area contributed by atoms with E-state index in [0.717, 1.165) is 37.1 Å². The Labute approximate surface area is 105 Å². The average molecular weight is 244 g/mol. The van der Waals surface area contributed by atoms with Gasteiger partial charge in [-0.1, -0.05) is 12.1 Å². The lowest BCUT2D eigenvalue weighted by molar-refractivity contribution is 0.0731. The highest BCUT2D eigenvalue weighted by molar-refractivity contribution is 6.00. The number of piperazine rings is 1. The fourth-order valence-corrected chi connectivity index (χ4v) is 2.33. The molecule has 3 rings (SSSR count).